The Morgan fingerprint density at radius 2 is 1.91 bits per heavy atom. The second kappa shape index (κ2) is 11.3. The highest BCUT2D eigenvalue weighted by Gasteiger charge is 2.40. The molecule has 1 aromatic carbocycles. The van der Waals surface area contributed by atoms with Crippen molar-refractivity contribution in [3.8, 4) is 0 Å². The van der Waals surface area contributed by atoms with Gasteiger partial charge in [0.05, 0.1) is 0 Å². The molecule has 0 bridgehead atoms. The summed E-state index contributed by atoms with van der Waals surface area (Å²) < 4.78 is 0. The minimum Gasteiger partial charge on any atom is -0.382 e. The molecular weight excluding hydrogens is 440 g/mol. The summed E-state index contributed by atoms with van der Waals surface area (Å²) in [7, 11) is 0. The van der Waals surface area contributed by atoms with Crippen LogP contribution in [0.3, 0.4) is 0 Å². The van der Waals surface area contributed by atoms with E-state index in [0.717, 1.165) is 30.6 Å². The van der Waals surface area contributed by atoms with Gasteiger partial charge >= 0.3 is 0 Å². The lowest BCUT2D eigenvalue weighted by molar-refractivity contribution is -0.136. The highest BCUT2D eigenvalue weighted by molar-refractivity contribution is 6.06. The highest BCUT2D eigenvalue weighted by atomic mass is 35.5. The van der Waals surface area contributed by atoms with Gasteiger partial charge in [-0.15, -0.1) is 12.4 Å². The van der Waals surface area contributed by atoms with Crippen molar-refractivity contribution in [3.63, 3.8) is 0 Å². The average Bonchev–Trinajstić information content (AvgIpc) is 3.14. The van der Waals surface area contributed by atoms with E-state index in [2.05, 4.69) is 23.6 Å². The number of nitrogens with one attached hydrogen (secondary N) is 2. The number of unbranched alkanes of at least 4 members (excludes halogenated alkanes) is 1. The first-order valence-corrected chi connectivity index (χ1v) is 12.2. The van der Waals surface area contributed by atoms with Crippen LogP contribution in [0.1, 0.15) is 80.6 Å². The van der Waals surface area contributed by atoms with Crippen LogP contribution in [0.4, 0.5) is 5.69 Å². The molecule has 2 heterocycles. The summed E-state index contributed by atoms with van der Waals surface area (Å²) in [6.45, 7) is 3.41. The summed E-state index contributed by atoms with van der Waals surface area (Å²) in [5.74, 6) is 0.518. The topological polar surface area (TPSA) is 105 Å². The number of benzene rings is 1. The van der Waals surface area contributed by atoms with E-state index in [1.54, 1.807) is 4.90 Å². The summed E-state index contributed by atoms with van der Waals surface area (Å²) in [5.41, 5.74) is 8.54. The summed E-state index contributed by atoms with van der Waals surface area (Å²) in [4.78, 5) is 38.7. The van der Waals surface area contributed by atoms with Crippen molar-refractivity contribution in [3.05, 3.63) is 29.3 Å². The molecule has 182 valence electrons. The number of rotatable bonds is 8. The first kappa shape index (κ1) is 25.5. The molecule has 1 saturated heterocycles. The number of carbonyl (C=O) groups excluding carboxylic acids is 3. The van der Waals surface area contributed by atoms with Crippen molar-refractivity contribution in [2.24, 2.45) is 17.6 Å². The number of nitrogens with zero attached hydrogens (tertiary/aromatic N) is 1. The van der Waals surface area contributed by atoms with Crippen LogP contribution in [0, 0.1) is 11.8 Å². The van der Waals surface area contributed by atoms with Gasteiger partial charge in [0.15, 0.2) is 0 Å². The van der Waals surface area contributed by atoms with E-state index in [1.807, 2.05) is 12.1 Å². The molecule has 4 rings (SSSR count). The first-order chi connectivity index (χ1) is 15.5. The molecule has 3 amide bonds. The molecule has 8 heteroatoms. The number of imide groups is 1. The van der Waals surface area contributed by atoms with Crippen LogP contribution in [-0.2, 0) is 16.1 Å². The summed E-state index contributed by atoms with van der Waals surface area (Å²) in [5, 5.41) is 6.19. The molecular formula is C25H37ClN4O3. The molecule has 0 radical (unpaired) electrons. The molecule has 3 aliphatic rings. The zero-order valence-electron chi connectivity index (χ0n) is 19.5. The number of amides is 3. The molecule has 0 unspecified atom stereocenters. The number of anilines is 1. The number of nitrogens with two attached hydrogens (primary N) is 1. The lowest BCUT2D eigenvalue weighted by Crippen LogP contribution is -2.52. The maximum atomic E-state index is 13.1. The predicted octanol–water partition coefficient (Wildman–Crippen LogP) is 3.61. The summed E-state index contributed by atoms with van der Waals surface area (Å²) in [6.07, 6.45) is 8.88. The van der Waals surface area contributed by atoms with Gasteiger partial charge in [-0.05, 0) is 69.0 Å². The van der Waals surface area contributed by atoms with Gasteiger partial charge in [-0.3, -0.25) is 19.7 Å². The van der Waals surface area contributed by atoms with Crippen LogP contribution in [0.5, 0.6) is 0 Å². The Bertz CT molecular complexity index is 869. The van der Waals surface area contributed by atoms with Crippen LogP contribution in [-0.4, -0.2) is 41.2 Å². The van der Waals surface area contributed by atoms with E-state index < -0.39 is 6.04 Å². The fourth-order valence-corrected chi connectivity index (χ4v) is 5.60. The SMILES string of the molecule is CCCC[C@H](Nc1cccc2c1CN([C@H]1CCC(=O)NC1=O)C2=O)C1CCC(CN)CC1.Cl. The highest BCUT2D eigenvalue weighted by Crippen LogP contribution is 2.36. The normalized spacial score (nSPS) is 25.8. The third kappa shape index (κ3) is 5.52. The van der Waals surface area contributed by atoms with Crippen LogP contribution >= 0.6 is 12.4 Å². The molecule has 2 atom stereocenters. The van der Waals surface area contributed by atoms with Crippen molar-refractivity contribution < 1.29 is 14.4 Å². The van der Waals surface area contributed by atoms with Gasteiger partial charge in [0.1, 0.15) is 6.04 Å². The number of piperidine rings is 1. The largest absolute Gasteiger partial charge is 0.382 e. The van der Waals surface area contributed by atoms with Gasteiger partial charge in [0.25, 0.3) is 5.91 Å². The molecule has 1 saturated carbocycles. The Labute approximate surface area is 202 Å². The van der Waals surface area contributed by atoms with Gasteiger partial charge in [0.2, 0.25) is 11.8 Å². The Morgan fingerprint density at radius 1 is 1.15 bits per heavy atom. The average molecular weight is 477 g/mol. The number of fused-ring (bicyclic) bond motifs is 1. The van der Waals surface area contributed by atoms with Gasteiger partial charge < -0.3 is 16.0 Å². The van der Waals surface area contributed by atoms with Crippen molar-refractivity contribution in [2.45, 2.75) is 83.3 Å². The third-order valence-electron chi connectivity index (χ3n) is 7.59. The first-order valence-electron chi connectivity index (χ1n) is 12.2. The minimum atomic E-state index is -0.581. The number of carbonyl (C=O) groups is 3. The van der Waals surface area contributed by atoms with E-state index in [9.17, 15) is 14.4 Å². The van der Waals surface area contributed by atoms with Crippen LogP contribution in [0.25, 0.3) is 0 Å². The third-order valence-corrected chi connectivity index (χ3v) is 7.59. The van der Waals surface area contributed by atoms with Gasteiger partial charge in [-0.2, -0.15) is 0 Å². The number of halogens is 1. The zero-order chi connectivity index (χ0) is 22.7. The Hall–Kier alpha value is -2.12. The standard InChI is InChI=1S/C25H36N4O3.ClH/c1-2-3-6-20(17-10-8-16(14-26)9-11-17)27-21-7-4-5-18-19(21)15-29(25(18)32)22-12-13-23(30)28-24(22)31;/h4-5,7,16-17,20,22,27H,2-3,6,8-15,26H2,1H3,(H,28,30,31);1H/t16?,17?,20-,22-;/m0./s1. The Balaban J connectivity index is 0.00000306. The van der Waals surface area contributed by atoms with E-state index in [-0.39, 0.29) is 36.5 Å². The Kier molecular flexibility index (Phi) is 8.76. The molecule has 4 N–H and O–H groups in total. The van der Waals surface area contributed by atoms with Crippen LogP contribution in [0.2, 0.25) is 0 Å². The maximum Gasteiger partial charge on any atom is 0.255 e. The molecule has 7 nitrogen and oxygen atoms in total. The number of hydrogen-bond acceptors (Lipinski definition) is 5. The predicted molar refractivity (Wildman–Crippen MR) is 131 cm³/mol. The van der Waals surface area contributed by atoms with Crippen molar-refractivity contribution in [1.82, 2.24) is 10.2 Å². The summed E-state index contributed by atoms with van der Waals surface area (Å²) >= 11 is 0. The Morgan fingerprint density at radius 3 is 2.58 bits per heavy atom. The fourth-order valence-electron chi connectivity index (χ4n) is 5.60. The molecule has 2 fully saturated rings. The zero-order valence-corrected chi connectivity index (χ0v) is 20.3. The molecule has 0 aromatic heterocycles. The minimum absolute atomic E-state index is 0. The van der Waals surface area contributed by atoms with Gasteiger partial charge in [0, 0.05) is 35.8 Å². The molecule has 2 aliphatic heterocycles. The second-order valence-electron chi connectivity index (χ2n) is 9.64. The van der Waals surface area contributed by atoms with E-state index in [4.69, 9.17) is 5.73 Å². The second-order valence-corrected chi connectivity index (χ2v) is 9.64. The fraction of sp³-hybridized carbons (Fsp3) is 0.640. The van der Waals surface area contributed by atoms with Gasteiger partial charge in [-0.1, -0.05) is 25.8 Å². The van der Waals surface area contributed by atoms with E-state index in [0.29, 0.717) is 36.4 Å². The van der Waals surface area contributed by atoms with Crippen LogP contribution < -0.4 is 16.4 Å². The smallest absolute Gasteiger partial charge is 0.255 e. The van der Waals surface area contributed by atoms with Crippen molar-refractivity contribution >= 4 is 35.8 Å². The van der Waals surface area contributed by atoms with E-state index >= 15 is 0 Å². The lowest BCUT2D eigenvalue weighted by Gasteiger charge is -2.35. The summed E-state index contributed by atoms with van der Waals surface area (Å²) in [6, 6.07) is 5.63. The maximum absolute atomic E-state index is 13.1. The molecule has 33 heavy (non-hydrogen) atoms. The monoisotopic (exact) mass is 476 g/mol. The molecule has 1 aliphatic carbocycles. The molecule has 1 aromatic rings. The van der Waals surface area contributed by atoms with E-state index in [1.165, 1.54) is 32.1 Å². The quantitative estimate of drug-likeness (QED) is 0.497. The van der Waals surface area contributed by atoms with Crippen LogP contribution in [0.15, 0.2) is 18.2 Å². The van der Waals surface area contributed by atoms with Gasteiger partial charge in [-0.25, -0.2) is 0 Å². The lowest BCUT2D eigenvalue weighted by atomic mass is 9.77. The number of hydrogen-bond donors (Lipinski definition) is 3. The van der Waals surface area contributed by atoms with Crippen molar-refractivity contribution in [1.29, 1.82) is 0 Å². The molecule has 0 spiro atoms. The van der Waals surface area contributed by atoms with Crippen molar-refractivity contribution in [2.75, 3.05) is 11.9 Å².